The van der Waals surface area contributed by atoms with E-state index < -0.39 is 0 Å². The average Bonchev–Trinajstić information content (AvgIpc) is 2.78. The van der Waals surface area contributed by atoms with E-state index in [2.05, 4.69) is 26.8 Å². The van der Waals surface area contributed by atoms with Crippen LogP contribution in [0.15, 0.2) is 34.5 Å². The molecule has 1 fully saturated rings. The van der Waals surface area contributed by atoms with E-state index in [9.17, 15) is 0 Å². The predicted molar refractivity (Wildman–Crippen MR) is 66.5 cm³/mol. The molecule has 2 bridgehead atoms. The van der Waals surface area contributed by atoms with Crippen molar-refractivity contribution in [3.05, 3.63) is 35.8 Å². The third kappa shape index (κ3) is 1.66. The highest BCUT2D eigenvalue weighted by Crippen LogP contribution is 2.49. The fourth-order valence-electron chi connectivity index (χ4n) is 3.66. The molecule has 1 aliphatic heterocycles. The third-order valence-electron chi connectivity index (χ3n) is 4.59. The van der Waals surface area contributed by atoms with Gasteiger partial charge in [-0.3, -0.25) is 0 Å². The molecule has 0 N–H and O–H groups in total. The molecule has 0 saturated carbocycles. The van der Waals surface area contributed by atoms with E-state index in [0.29, 0.717) is 23.7 Å². The fraction of sp³-hybridized carbons (Fsp3) is 0.600. The fourth-order valence-corrected chi connectivity index (χ4v) is 3.66. The second-order valence-corrected chi connectivity index (χ2v) is 5.59. The Labute approximate surface area is 103 Å². The van der Waals surface area contributed by atoms with E-state index in [4.69, 9.17) is 9.15 Å². The van der Waals surface area contributed by atoms with Crippen molar-refractivity contribution < 1.29 is 9.15 Å². The molecule has 1 aliphatic carbocycles. The van der Waals surface area contributed by atoms with Crippen LogP contribution in [0.1, 0.15) is 32.6 Å². The largest absolute Gasteiger partial charge is 0.467 e. The molecule has 0 radical (unpaired) electrons. The zero-order valence-corrected chi connectivity index (χ0v) is 10.7. The van der Waals surface area contributed by atoms with Crippen molar-refractivity contribution in [3.63, 3.8) is 0 Å². The van der Waals surface area contributed by atoms with Crippen molar-refractivity contribution in [2.45, 2.75) is 26.9 Å². The maximum absolute atomic E-state index is 6.07. The standard InChI is InChI=1S/C15H20O2/c1-9-7-10(2)14-11(3)12(9)8-17-15(14)13-5-4-6-16-13/h4-7,9,11-12,14-15H,8H2,1-3H3/t9-,11+,12-,14+,15-/m1/s1. The van der Waals surface area contributed by atoms with E-state index in [1.807, 2.05) is 12.1 Å². The van der Waals surface area contributed by atoms with E-state index in [1.54, 1.807) is 6.26 Å². The maximum Gasteiger partial charge on any atom is 0.133 e. The van der Waals surface area contributed by atoms with Crippen molar-refractivity contribution in [2.24, 2.45) is 23.7 Å². The normalized spacial score (nSPS) is 41.1. The molecule has 5 atom stereocenters. The second kappa shape index (κ2) is 4.02. The van der Waals surface area contributed by atoms with Gasteiger partial charge < -0.3 is 9.15 Å². The molecule has 0 amide bonds. The van der Waals surface area contributed by atoms with Gasteiger partial charge in [-0.15, -0.1) is 0 Å². The Kier molecular flexibility index (Phi) is 2.62. The van der Waals surface area contributed by atoms with Gasteiger partial charge in [0.05, 0.1) is 12.9 Å². The number of fused-ring (bicyclic) bond motifs is 2. The molecule has 2 heteroatoms. The zero-order valence-electron chi connectivity index (χ0n) is 10.7. The molecule has 0 spiro atoms. The number of ether oxygens (including phenoxy) is 1. The van der Waals surface area contributed by atoms with Gasteiger partial charge in [-0.2, -0.15) is 0 Å². The first-order valence-corrected chi connectivity index (χ1v) is 6.52. The van der Waals surface area contributed by atoms with Gasteiger partial charge in [0.1, 0.15) is 11.9 Å². The number of furan rings is 1. The average molecular weight is 232 g/mol. The summed E-state index contributed by atoms with van der Waals surface area (Å²) in [5.74, 6) is 3.44. The highest BCUT2D eigenvalue weighted by molar-refractivity contribution is 5.20. The van der Waals surface area contributed by atoms with Crippen LogP contribution >= 0.6 is 0 Å². The van der Waals surface area contributed by atoms with Gasteiger partial charge in [-0.25, -0.2) is 0 Å². The maximum atomic E-state index is 6.07. The minimum absolute atomic E-state index is 0.111. The number of allylic oxidation sites excluding steroid dienone is 1. The Hall–Kier alpha value is -1.02. The van der Waals surface area contributed by atoms with Crippen LogP contribution in [-0.4, -0.2) is 6.61 Å². The van der Waals surface area contributed by atoms with Crippen molar-refractivity contribution in [2.75, 3.05) is 6.61 Å². The summed E-state index contributed by atoms with van der Waals surface area (Å²) in [6, 6.07) is 3.98. The lowest BCUT2D eigenvalue weighted by Gasteiger charge is -2.46. The zero-order chi connectivity index (χ0) is 12.0. The smallest absolute Gasteiger partial charge is 0.133 e. The Morgan fingerprint density at radius 3 is 2.82 bits per heavy atom. The van der Waals surface area contributed by atoms with Crippen molar-refractivity contribution in [3.8, 4) is 0 Å². The lowest BCUT2D eigenvalue weighted by molar-refractivity contribution is -0.101. The number of rotatable bonds is 1. The summed E-state index contributed by atoms with van der Waals surface area (Å²) < 4.78 is 11.6. The van der Waals surface area contributed by atoms with E-state index in [1.165, 1.54) is 5.57 Å². The molecule has 1 aromatic rings. The van der Waals surface area contributed by atoms with Crippen LogP contribution in [0, 0.1) is 23.7 Å². The minimum atomic E-state index is 0.111. The summed E-state index contributed by atoms with van der Waals surface area (Å²) in [5, 5.41) is 0. The molecule has 2 heterocycles. The van der Waals surface area contributed by atoms with Crippen LogP contribution in [0.3, 0.4) is 0 Å². The van der Waals surface area contributed by atoms with Gasteiger partial charge in [0.2, 0.25) is 0 Å². The van der Waals surface area contributed by atoms with Crippen LogP contribution in [0.2, 0.25) is 0 Å². The van der Waals surface area contributed by atoms with Gasteiger partial charge in [0, 0.05) is 5.92 Å². The minimum Gasteiger partial charge on any atom is -0.467 e. The third-order valence-corrected chi connectivity index (χ3v) is 4.59. The van der Waals surface area contributed by atoms with Crippen LogP contribution in [-0.2, 0) is 4.74 Å². The molecule has 2 nitrogen and oxygen atoms in total. The first-order valence-electron chi connectivity index (χ1n) is 6.52. The van der Waals surface area contributed by atoms with Crippen molar-refractivity contribution >= 4 is 0 Å². The van der Waals surface area contributed by atoms with E-state index in [0.717, 1.165) is 12.4 Å². The monoisotopic (exact) mass is 232 g/mol. The summed E-state index contributed by atoms with van der Waals surface area (Å²) >= 11 is 0. The molecule has 1 saturated heterocycles. The Morgan fingerprint density at radius 2 is 2.12 bits per heavy atom. The molecule has 92 valence electrons. The van der Waals surface area contributed by atoms with Gasteiger partial charge in [-0.05, 0) is 36.8 Å². The predicted octanol–water partition coefficient (Wildman–Crippen LogP) is 3.82. The lowest BCUT2D eigenvalue weighted by atomic mass is 9.65. The Morgan fingerprint density at radius 1 is 1.29 bits per heavy atom. The van der Waals surface area contributed by atoms with E-state index in [-0.39, 0.29) is 6.10 Å². The summed E-state index contributed by atoms with van der Waals surface area (Å²) in [7, 11) is 0. The van der Waals surface area contributed by atoms with Crippen LogP contribution < -0.4 is 0 Å². The first kappa shape index (κ1) is 11.1. The van der Waals surface area contributed by atoms with Crippen LogP contribution in [0.5, 0.6) is 0 Å². The van der Waals surface area contributed by atoms with Crippen LogP contribution in [0.25, 0.3) is 0 Å². The topological polar surface area (TPSA) is 22.4 Å². The molecular formula is C15H20O2. The van der Waals surface area contributed by atoms with Crippen molar-refractivity contribution in [1.82, 2.24) is 0 Å². The molecule has 2 aliphatic rings. The van der Waals surface area contributed by atoms with Gasteiger partial charge in [0.25, 0.3) is 0 Å². The molecule has 17 heavy (non-hydrogen) atoms. The van der Waals surface area contributed by atoms with E-state index >= 15 is 0 Å². The Bertz CT molecular complexity index is 418. The molecule has 1 aromatic heterocycles. The van der Waals surface area contributed by atoms with Crippen LogP contribution in [0.4, 0.5) is 0 Å². The summed E-state index contributed by atoms with van der Waals surface area (Å²) in [6.45, 7) is 7.75. The summed E-state index contributed by atoms with van der Waals surface area (Å²) in [6.07, 6.45) is 4.27. The molecule has 3 rings (SSSR count). The lowest BCUT2D eigenvalue weighted by Crippen LogP contribution is -2.42. The highest BCUT2D eigenvalue weighted by Gasteiger charge is 2.44. The van der Waals surface area contributed by atoms with Gasteiger partial charge in [0.15, 0.2) is 0 Å². The Balaban J connectivity index is 1.97. The summed E-state index contributed by atoms with van der Waals surface area (Å²) in [4.78, 5) is 0. The number of hydrogen-bond acceptors (Lipinski definition) is 2. The first-order chi connectivity index (χ1) is 8.18. The molecular weight excluding hydrogens is 212 g/mol. The molecule has 0 aromatic carbocycles. The van der Waals surface area contributed by atoms with Gasteiger partial charge >= 0.3 is 0 Å². The quantitative estimate of drug-likeness (QED) is 0.687. The number of hydrogen-bond donors (Lipinski definition) is 0. The highest BCUT2D eigenvalue weighted by atomic mass is 16.5. The summed E-state index contributed by atoms with van der Waals surface area (Å²) in [5.41, 5.74) is 1.46. The van der Waals surface area contributed by atoms with Crippen molar-refractivity contribution in [1.29, 1.82) is 0 Å². The van der Waals surface area contributed by atoms with Gasteiger partial charge in [-0.1, -0.05) is 25.5 Å². The second-order valence-electron chi connectivity index (χ2n) is 5.59. The SMILES string of the molecule is CC1=C[C@@H](C)[C@H]2CO[C@H](c3ccco3)[C@@H]1[C@H]2C. The molecule has 0 unspecified atom stereocenters.